The number of rotatable bonds is 54. The van der Waals surface area contributed by atoms with Gasteiger partial charge in [0.1, 0.15) is 197 Å². The van der Waals surface area contributed by atoms with Crippen molar-refractivity contribution in [3.63, 3.8) is 0 Å². The van der Waals surface area contributed by atoms with Gasteiger partial charge in [0.2, 0.25) is 0 Å². The fourth-order valence-electron chi connectivity index (χ4n) is 17.2. The largest absolute Gasteiger partial charge is 0.460 e. The average Bonchev–Trinajstić information content (AvgIpc) is 1.85. The molecule has 5 N–H and O–H groups in total. The van der Waals surface area contributed by atoms with Crippen LogP contribution in [0, 0.1) is 51.8 Å². The van der Waals surface area contributed by atoms with Crippen molar-refractivity contribution in [2.24, 2.45) is 51.8 Å². The van der Waals surface area contributed by atoms with Crippen LogP contribution in [0.5, 0.6) is 0 Å². The minimum atomic E-state index is -0.551. The maximum atomic E-state index is 12.4. The Morgan fingerprint density at radius 3 is 0.486 bits per heavy atom. The Morgan fingerprint density at radius 1 is 0.199 bits per heavy atom. The SMILES string of the molecule is CC(=O)OCC[NH+](CCOC(C)=O)CCOC(C)=O.CC(C)(C)C(=O)OCC[NH+](CCOC(=O)C(C)(C)C)CCOC(=O)C(C)(C)C.O=C(OCC[NH+](CCOC(=O)C1CCCC1)CCOC(=O)C1CCCC1)C1CCCC1.O=C(OCC[NH+](CCOC(=O)C1CCCCC1)CCOC(=O)C1CCCCC1)C1CCCCC1.O=C(OCC[NH+](CCOC(=O)c1ccccc1)CCOC(=O)c1ccccc1)c1ccccc1. The van der Waals surface area contributed by atoms with Crippen molar-refractivity contribution in [3.8, 4) is 0 Å². The third kappa shape index (κ3) is 57.2. The molecule has 0 amide bonds. The van der Waals surface area contributed by atoms with Crippen LogP contribution in [0.15, 0.2) is 91.0 Å². The van der Waals surface area contributed by atoms with E-state index >= 15 is 0 Å². The zero-order valence-electron chi connectivity index (χ0n) is 89.7. The molecule has 35 heteroatoms. The molecule has 3 aromatic rings. The second-order valence-electron chi connectivity index (χ2n) is 41.6. The van der Waals surface area contributed by atoms with Crippen molar-refractivity contribution in [2.45, 2.75) is 256 Å². The van der Waals surface area contributed by atoms with E-state index in [1.165, 1.54) is 40.0 Å². The summed E-state index contributed by atoms with van der Waals surface area (Å²) in [6.45, 7) is 33.0. The Kier molecular flexibility index (Phi) is 62.8. The average molecular weight is 2060 g/mol. The number of benzene rings is 3. The Morgan fingerprint density at radius 2 is 0.336 bits per heavy atom. The van der Waals surface area contributed by atoms with Crippen molar-refractivity contribution in [2.75, 3.05) is 197 Å². The number of carbonyl (C=O) groups excluding carboxylic acids is 15. The van der Waals surface area contributed by atoms with Crippen molar-refractivity contribution < 1.29 is 167 Å². The molecule has 0 spiro atoms. The molecule has 6 saturated carbocycles. The first-order chi connectivity index (χ1) is 69.9. The van der Waals surface area contributed by atoms with Crippen LogP contribution in [-0.2, 0) is 129 Å². The van der Waals surface area contributed by atoms with Crippen LogP contribution in [0.3, 0.4) is 0 Å². The molecular formula is C111H176N5O30+5. The van der Waals surface area contributed by atoms with Gasteiger partial charge in [-0.2, -0.15) is 0 Å². The Bertz CT molecular complexity index is 3850. The summed E-state index contributed by atoms with van der Waals surface area (Å²) >= 11 is 0. The molecule has 9 rings (SSSR count). The van der Waals surface area contributed by atoms with Gasteiger partial charge in [-0.15, -0.1) is 0 Å². The third-order valence-electron chi connectivity index (χ3n) is 26.4. The fourth-order valence-corrected chi connectivity index (χ4v) is 17.2. The van der Waals surface area contributed by atoms with Gasteiger partial charge in [0.05, 0.1) is 68.4 Å². The summed E-state index contributed by atoms with van der Waals surface area (Å²) in [4.78, 5) is 183. The van der Waals surface area contributed by atoms with E-state index in [0.717, 1.165) is 179 Å². The zero-order valence-corrected chi connectivity index (χ0v) is 89.7. The van der Waals surface area contributed by atoms with Crippen molar-refractivity contribution in [1.82, 2.24) is 0 Å². The quantitative estimate of drug-likeness (QED) is 0.0264. The lowest BCUT2D eigenvalue weighted by Gasteiger charge is -2.24. The van der Waals surface area contributed by atoms with E-state index in [1.54, 1.807) is 135 Å². The Balaban J connectivity index is 0.000000325. The molecule has 820 valence electrons. The van der Waals surface area contributed by atoms with Crippen LogP contribution in [0.1, 0.15) is 288 Å². The minimum Gasteiger partial charge on any atom is -0.460 e. The molecule has 0 aromatic heterocycles. The molecule has 146 heavy (non-hydrogen) atoms. The topological polar surface area (TPSA) is 417 Å². The molecular weight excluding hydrogens is 1880 g/mol. The summed E-state index contributed by atoms with van der Waals surface area (Å²) in [5.74, 6) is -3.15. The van der Waals surface area contributed by atoms with E-state index in [-0.39, 0.29) is 167 Å². The number of hydrogen-bond donors (Lipinski definition) is 5. The number of ether oxygens (including phenoxy) is 15. The molecule has 0 heterocycles. The van der Waals surface area contributed by atoms with Crippen molar-refractivity contribution in [3.05, 3.63) is 108 Å². The number of carbonyl (C=O) groups is 15. The Hall–Kier alpha value is -10.5. The molecule has 35 nitrogen and oxygen atoms in total. The number of quaternary nitrogens is 5. The van der Waals surface area contributed by atoms with Crippen LogP contribution in [-0.4, -0.2) is 287 Å². The second kappa shape index (κ2) is 72.8. The van der Waals surface area contributed by atoms with Crippen LogP contribution >= 0.6 is 0 Å². The van der Waals surface area contributed by atoms with Gasteiger partial charge >= 0.3 is 89.5 Å². The predicted octanol–water partition coefficient (Wildman–Crippen LogP) is 7.96. The smallest absolute Gasteiger partial charge is 0.338 e. The van der Waals surface area contributed by atoms with Crippen molar-refractivity contribution >= 4 is 89.5 Å². The molecule has 0 bridgehead atoms. The number of esters is 15. The van der Waals surface area contributed by atoms with Crippen LogP contribution in [0.2, 0.25) is 0 Å². The summed E-state index contributed by atoms with van der Waals surface area (Å²) in [5, 5.41) is 0. The predicted molar refractivity (Wildman–Crippen MR) is 540 cm³/mol. The highest BCUT2D eigenvalue weighted by atomic mass is 16.6. The zero-order chi connectivity index (χ0) is 107. The van der Waals surface area contributed by atoms with Gasteiger partial charge in [-0.1, -0.05) is 151 Å². The normalized spacial score (nSPS) is 15.3. The van der Waals surface area contributed by atoms with Gasteiger partial charge in [0, 0.05) is 20.8 Å². The van der Waals surface area contributed by atoms with E-state index in [4.69, 9.17) is 71.1 Å². The lowest BCUT2D eigenvalue weighted by molar-refractivity contribution is -0.900. The van der Waals surface area contributed by atoms with Gasteiger partial charge in [-0.05, 0) is 176 Å². The summed E-state index contributed by atoms with van der Waals surface area (Å²) in [6.07, 6.45) is 28.1. The molecule has 0 saturated heterocycles. The van der Waals surface area contributed by atoms with E-state index in [1.807, 2.05) is 18.2 Å². The van der Waals surface area contributed by atoms with Gasteiger partial charge in [0.25, 0.3) is 0 Å². The second-order valence-corrected chi connectivity index (χ2v) is 41.6. The third-order valence-corrected chi connectivity index (χ3v) is 26.4. The fraction of sp³-hybridized carbons (Fsp3) is 0.703. The number of hydrogen-bond acceptors (Lipinski definition) is 30. The molecule has 6 aliphatic rings. The standard InChI is InChI=1S/C27H45NO6.C27H27NO6.C24H39NO6.C21H39NO6.C12H21NO6/c2*29-25(22-10-4-1-5-11-22)32-19-16-28(17-20-33-26(30)23-12-6-2-7-13-23)18-21-34-27(31)24-14-8-3-9-15-24;26-22(19-7-1-2-8-19)29-16-13-25(14-17-30-23(27)20-9-3-4-10-20)15-18-31-24(28)21-11-5-6-12-21;1-19(2,3)16(23)26-13-10-22(11-14-27-17(24)20(4,5)6)12-15-28-18(25)21(7,8)9;1-10(14)17-7-4-13(5-8-18-11(2)15)6-9-19-12(3)16/h22-24H,1-21H2;1-15H,16-21H2;19-21H,1-18H2;10-15H2,1-9H3;4-9H2,1-3H3/p+5. The highest BCUT2D eigenvalue weighted by Gasteiger charge is 2.33. The first-order valence-corrected chi connectivity index (χ1v) is 53.6. The lowest BCUT2D eigenvalue weighted by Crippen LogP contribution is -3.13. The highest BCUT2D eigenvalue weighted by Crippen LogP contribution is 2.30. The first kappa shape index (κ1) is 126. The van der Waals surface area contributed by atoms with Crippen LogP contribution < -0.4 is 24.5 Å². The lowest BCUT2D eigenvalue weighted by atomic mass is 9.89. The summed E-state index contributed by atoms with van der Waals surface area (Å²) in [6, 6.07) is 26.3. The van der Waals surface area contributed by atoms with Gasteiger partial charge in [0.15, 0.2) is 0 Å². The van der Waals surface area contributed by atoms with E-state index in [2.05, 4.69) is 0 Å². The molecule has 0 aliphatic heterocycles. The molecule has 0 radical (unpaired) electrons. The molecule has 3 aromatic carbocycles. The molecule has 6 aliphatic carbocycles. The van der Waals surface area contributed by atoms with Gasteiger partial charge in [-0.25, -0.2) is 14.4 Å². The summed E-state index contributed by atoms with van der Waals surface area (Å²) < 4.78 is 79.9. The van der Waals surface area contributed by atoms with Crippen LogP contribution in [0.4, 0.5) is 0 Å². The monoisotopic (exact) mass is 2060 g/mol. The maximum absolute atomic E-state index is 12.4. The first-order valence-electron chi connectivity index (χ1n) is 53.6. The van der Waals surface area contributed by atoms with E-state index < -0.39 is 34.2 Å². The number of nitrogens with one attached hydrogen (secondary N) is 5. The van der Waals surface area contributed by atoms with Crippen molar-refractivity contribution in [1.29, 1.82) is 0 Å². The van der Waals surface area contributed by atoms with E-state index in [9.17, 15) is 71.9 Å². The van der Waals surface area contributed by atoms with Crippen LogP contribution in [0.25, 0.3) is 0 Å². The Labute approximate surface area is 865 Å². The molecule has 0 unspecified atom stereocenters. The molecule has 6 fully saturated rings. The molecule has 0 atom stereocenters. The highest BCUT2D eigenvalue weighted by molar-refractivity contribution is 5.90. The summed E-state index contributed by atoms with van der Waals surface area (Å²) in [7, 11) is 0. The maximum Gasteiger partial charge on any atom is 0.338 e. The minimum absolute atomic E-state index is 0.0464. The summed E-state index contributed by atoms with van der Waals surface area (Å²) in [5.41, 5.74) is -0.201. The van der Waals surface area contributed by atoms with Gasteiger partial charge in [-0.3, -0.25) is 57.5 Å². The van der Waals surface area contributed by atoms with Gasteiger partial charge < -0.3 is 95.6 Å². The van der Waals surface area contributed by atoms with E-state index in [0.29, 0.717) is 155 Å².